The monoisotopic (exact) mass is 438 g/mol. The molecule has 0 spiro atoms. The molecule has 0 aliphatic heterocycles. The van der Waals surface area contributed by atoms with Crippen LogP contribution in [0.25, 0.3) is 0 Å². The summed E-state index contributed by atoms with van der Waals surface area (Å²) in [5.41, 5.74) is 2.29. The van der Waals surface area contributed by atoms with E-state index in [4.69, 9.17) is 0 Å². The molecule has 0 aliphatic carbocycles. The molecule has 162 valence electrons. The van der Waals surface area contributed by atoms with E-state index >= 15 is 0 Å². The van der Waals surface area contributed by atoms with Crippen molar-refractivity contribution < 1.29 is 13.2 Å². The van der Waals surface area contributed by atoms with Crippen LogP contribution < -0.4 is 0 Å². The predicted octanol–water partition coefficient (Wildman–Crippen LogP) is 3.35. The number of hydrogen-bond acceptors (Lipinski definition) is 5. The molecule has 0 unspecified atom stereocenters. The lowest BCUT2D eigenvalue weighted by atomic mass is 10.1. The van der Waals surface area contributed by atoms with Gasteiger partial charge in [-0.15, -0.1) is 0 Å². The highest BCUT2D eigenvalue weighted by Gasteiger charge is 2.23. The van der Waals surface area contributed by atoms with Crippen LogP contribution in [-0.2, 0) is 23.1 Å². The third kappa shape index (κ3) is 5.53. The number of carbonyl (C=O) groups is 1. The second-order valence-corrected chi connectivity index (χ2v) is 8.93. The summed E-state index contributed by atoms with van der Waals surface area (Å²) in [6.45, 7) is 5.17. The van der Waals surface area contributed by atoms with Crippen LogP contribution in [0.15, 0.2) is 78.2 Å². The lowest BCUT2D eigenvalue weighted by Crippen LogP contribution is -2.31. The molecular weight excluding hydrogens is 412 g/mol. The maximum Gasteiger partial charge on any atom is 0.254 e. The van der Waals surface area contributed by atoms with Crippen molar-refractivity contribution >= 4 is 15.9 Å². The molecule has 3 aromatic rings. The molecule has 1 aromatic carbocycles. The molecule has 0 N–H and O–H groups in total. The molecule has 2 aromatic heterocycles. The summed E-state index contributed by atoms with van der Waals surface area (Å²) in [7, 11) is -3.57. The number of pyridine rings is 2. The predicted molar refractivity (Wildman–Crippen MR) is 119 cm³/mol. The van der Waals surface area contributed by atoms with Gasteiger partial charge in [-0.05, 0) is 53.6 Å². The number of aromatic nitrogens is 2. The third-order valence-electron chi connectivity index (χ3n) is 4.95. The molecule has 0 saturated carbocycles. The van der Waals surface area contributed by atoms with Crippen LogP contribution in [0.3, 0.4) is 0 Å². The van der Waals surface area contributed by atoms with Gasteiger partial charge >= 0.3 is 0 Å². The first-order valence-electron chi connectivity index (χ1n) is 10.1. The van der Waals surface area contributed by atoms with Crippen LogP contribution in [0.1, 0.15) is 35.3 Å². The van der Waals surface area contributed by atoms with Crippen molar-refractivity contribution in [1.29, 1.82) is 0 Å². The van der Waals surface area contributed by atoms with Gasteiger partial charge in [0.05, 0.1) is 4.90 Å². The summed E-state index contributed by atoms with van der Waals surface area (Å²) in [5, 5.41) is 0. The zero-order valence-corrected chi connectivity index (χ0v) is 18.5. The van der Waals surface area contributed by atoms with Gasteiger partial charge in [0.25, 0.3) is 5.91 Å². The molecule has 0 radical (unpaired) electrons. The first-order valence-corrected chi connectivity index (χ1v) is 11.6. The maximum atomic E-state index is 13.3. The largest absolute Gasteiger partial charge is 0.330 e. The summed E-state index contributed by atoms with van der Waals surface area (Å²) < 4.78 is 26.8. The SMILES string of the molecule is CCN(CC)S(=O)(=O)c1ccc(C(=O)N(Cc2ccncc2)Cc2cccnc2)cc1. The summed E-state index contributed by atoms with van der Waals surface area (Å²) in [5.74, 6) is -0.188. The Morgan fingerprint density at radius 3 is 2.06 bits per heavy atom. The number of sulfonamides is 1. The van der Waals surface area contributed by atoms with Crippen LogP contribution in [0.4, 0.5) is 0 Å². The van der Waals surface area contributed by atoms with Gasteiger partial charge in [0.2, 0.25) is 10.0 Å². The van der Waals surface area contributed by atoms with Crippen LogP contribution in [-0.4, -0.2) is 46.6 Å². The molecule has 0 fully saturated rings. The molecule has 7 nitrogen and oxygen atoms in total. The summed E-state index contributed by atoms with van der Waals surface area (Å²) in [6, 6.07) is 13.6. The van der Waals surface area contributed by atoms with Gasteiger partial charge < -0.3 is 4.90 Å². The van der Waals surface area contributed by atoms with E-state index in [9.17, 15) is 13.2 Å². The van der Waals surface area contributed by atoms with Crippen molar-refractivity contribution in [3.63, 3.8) is 0 Å². The Balaban J connectivity index is 1.86. The number of nitrogens with zero attached hydrogens (tertiary/aromatic N) is 4. The van der Waals surface area contributed by atoms with Gasteiger partial charge in [0.15, 0.2) is 0 Å². The van der Waals surface area contributed by atoms with Crippen LogP contribution in [0, 0.1) is 0 Å². The second kappa shape index (κ2) is 10.3. The van der Waals surface area contributed by atoms with E-state index in [-0.39, 0.29) is 10.8 Å². The Hall–Kier alpha value is -3.10. The molecular formula is C23H26N4O3S. The van der Waals surface area contributed by atoms with Gasteiger partial charge in [-0.3, -0.25) is 14.8 Å². The van der Waals surface area contributed by atoms with Crippen LogP contribution >= 0.6 is 0 Å². The Morgan fingerprint density at radius 1 is 0.839 bits per heavy atom. The van der Waals surface area contributed by atoms with E-state index in [0.717, 1.165) is 11.1 Å². The number of hydrogen-bond donors (Lipinski definition) is 0. The van der Waals surface area contributed by atoms with Crippen LogP contribution in [0.2, 0.25) is 0 Å². The molecule has 31 heavy (non-hydrogen) atoms. The first kappa shape index (κ1) is 22.6. The van der Waals surface area contributed by atoms with Gasteiger partial charge in [-0.1, -0.05) is 19.9 Å². The highest BCUT2D eigenvalue weighted by atomic mass is 32.2. The zero-order chi connectivity index (χ0) is 22.3. The van der Waals surface area contributed by atoms with Crippen molar-refractivity contribution in [1.82, 2.24) is 19.2 Å². The summed E-state index contributed by atoms with van der Waals surface area (Å²) in [6.07, 6.45) is 6.80. The van der Waals surface area contributed by atoms with E-state index in [0.29, 0.717) is 31.7 Å². The maximum absolute atomic E-state index is 13.3. The molecule has 3 rings (SSSR count). The zero-order valence-electron chi connectivity index (χ0n) is 17.7. The van der Waals surface area contributed by atoms with E-state index in [1.54, 1.807) is 55.7 Å². The average molecular weight is 439 g/mol. The van der Waals surface area contributed by atoms with Gasteiger partial charge in [-0.25, -0.2) is 8.42 Å². The lowest BCUT2D eigenvalue weighted by Gasteiger charge is -2.23. The molecule has 0 aliphatic rings. The Labute approximate surface area is 183 Å². The topological polar surface area (TPSA) is 83.5 Å². The van der Waals surface area contributed by atoms with Gasteiger partial charge in [0.1, 0.15) is 0 Å². The summed E-state index contributed by atoms with van der Waals surface area (Å²) in [4.78, 5) is 23.3. The molecule has 0 bridgehead atoms. The fourth-order valence-corrected chi connectivity index (χ4v) is 4.74. The first-order chi connectivity index (χ1) is 15.0. The Bertz CT molecular complexity index is 1040. The van der Waals surface area contributed by atoms with Crippen molar-refractivity contribution in [3.8, 4) is 0 Å². The Morgan fingerprint density at radius 2 is 1.48 bits per heavy atom. The number of amides is 1. The fourth-order valence-electron chi connectivity index (χ4n) is 3.28. The molecule has 0 atom stereocenters. The van der Waals surface area contributed by atoms with E-state index in [1.165, 1.54) is 16.4 Å². The smallest absolute Gasteiger partial charge is 0.254 e. The highest BCUT2D eigenvalue weighted by Crippen LogP contribution is 2.19. The van der Waals surface area contributed by atoms with Crippen molar-refractivity contribution in [3.05, 3.63) is 90.0 Å². The normalized spacial score (nSPS) is 11.5. The Kier molecular flexibility index (Phi) is 7.49. The van der Waals surface area contributed by atoms with Gasteiger partial charge in [-0.2, -0.15) is 4.31 Å². The third-order valence-corrected chi connectivity index (χ3v) is 7.01. The van der Waals surface area contributed by atoms with Crippen LogP contribution in [0.5, 0.6) is 0 Å². The number of rotatable bonds is 9. The van der Waals surface area contributed by atoms with Crippen molar-refractivity contribution in [2.75, 3.05) is 13.1 Å². The van der Waals surface area contributed by atoms with E-state index < -0.39 is 10.0 Å². The highest BCUT2D eigenvalue weighted by molar-refractivity contribution is 7.89. The lowest BCUT2D eigenvalue weighted by molar-refractivity contribution is 0.0729. The molecule has 8 heteroatoms. The molecule has 1 amide bonds. The second-order valence-electron chi connectivity index (χ2n) is 6.99. The fraction of sp³-hybridized carbons (Fsp3) is 0.261. The quantitative estimate of drug-likeness (QED) is 0.512. The number of carbonyl (C=O) groups excluding carboxylic acids is 1. The standard InChI is InChI=1S/C23H26N4O3S/c1-3-27(4-2)31(29,30)22-9-7-21(8-10-22)23(28)26(17-19-11-14-24-15-12-19)18-20-6-5-13-25-16-20/h5-16H,3-4,17-18H2,1-2H3. The van der Waals surface area contributed by atoms with E-state index in [1.807, 2.05) is 24.3 Å². The minimum atomic E-state index is -3.57. The minimum absolute atomic E-state index is 0.181. The van der Waals surface area contributed by atoms with Crippen molar-refractivity contribution in [2.45, 2.75) is 31.8 Å². The van der Waals surface area contributed by atoms with Crippen molar-refractivity contribution in [2.24, 2.45) is 0 Å². The minimum Gasteiger partial charge on any atom is -0.330 e. The molecule has 2 heterocycles. The molecule has 0 saturated heterocycles. The van der Waals surface area contributed by atoms with Gasteiger partial charge in [0, 0.05) is 56.5 Å². The average Bonchev–Trinajstić information content (AvgIpc) is 2.80. The van der Waals surface area contributed by atoms with E-state index in [2.05, 4.69) is 9.97 Å². The number of benzene rings is 1. The summed E-state index contributed by atoms with van der Waals surface area (Å²) >= 11 is 0.